The predicted octanol–water partition coefficient (Wildman–Crippen LogP) is 5.69. The summed E-state index contributed by atoms with van der Waals surface area (Å²) >= 11 is 0. The van der Waals surface area contributed by atoms with Crippen LogP contribution in [0.5, 0.6) is 0 Å². The van der Waals surface area contributed by atoms with Crippen LogP contribution in [0.25, 0.3) is 0 Å². The van der Waals surface area contributed by atoms with Gasteiger partial charge in [-0.3, -0.25) is 57.6 Å². The minimum Gasteiger partial charge on any atom is -0.390 e. The van der Waals surface area contributed by atoms with Gasteiger partial charge in [0.15, 0.2) is 17.3 Å². The Hall–Kier alpha value is -5.35. The predicted molar refractivity (Wildman–Crippen MR) is 349 cm³/mol. The van der Waals surface area contributed by atoms with E-state index >= 15 is 19.2 Å². The highest BCUT2D eigenvalue weighted by Gasteiger charge is 2.46. The van der Waals surface area contributed by atoms with E-state index in [0.29, 0.717) is 26.1 Å². The lowest BCUT2D eigenvalue weighted by Gasteiger charge is -2.41. The SMILES string of the molecule is CC[C@H]1CC(=O)[C@@H]([C@H](O)[C@H](C)CCCN2CCOCC2)N(C)C(=O)[C@@H](C(C)C)N(C)C(=O)[C@@H](CC(C)C)N(C)C(=O)[C@@H](CC(C)C)N(C)C(=O)[C@H](C)NC(=O)[C@@H](C)CC(=O)[C@@H](CC(C)C)N(C)C(=O)[C@@H](C(C)C)CC(=O)[C@H](CC(C)C)N(C)C(=O)CN(C)C1=O. The molecule has 2 fully saturated rings. The zero-order valence-electron chi connectivity index (χ0n) is 59.6. The first-order valence-electron chi connectivity index (χ1n) is 33.4. The molecule has 0 saturated carbocycles. The van der Waals surface area contributed by atoms with Crippen molar-refractivity contribution in [1.82, 2.24) is 44.5 Å². The molecule has 22 nitrogen and oxygen atoms in total. The first-order valence-corrected chi connectivity index (χ1v) is 33.4. The lowest BCUT2D eigenvalue weighted by atomic mass is 9.84. The molecule has 22 heteroatoms. The Morgan fingerprint density at radius 2 is 0.944 bits per heavy atom. The molecule has 2 rings (SSSR count). The first-order chi connectivity index (χ1) is 41.7. The number of aliphatic hydroxyl groups is 1. The molecular weight excluding hydrogens is 1150 g/mol. The maximum atomic E-state index is 15.4. The molecule has 2 heterocycles. The first kappa shape index (κ1) is 80.7. The second-order valence-corrected chi connectivity index (χ2v) is 28.8. The lowest BCUT2D eigenvalue weighted by molar-refractivity contribution is -0.157. The van der Waals surface area contributed by atoms with Crippen molar-refractivity contribution in [1.29, 1.82) is 0 Å². The molecular formula is C68H121N9O13. The molecule has 2 saturated heterocycles. The number of ketones is 3. The van der Waals surface area contributed by atoms with Crippen LogP contribution in [-0.4, -0.2) is 246 Å². The molecule has 0 aromatic rings. The Bertz CT molecular complexity index is 2410. The zero-order valence-corrected chi connectivity index (χ0v) is 59.6. The highest BCUT2D eigenvalue weighted by Crippen LogP contribution is 2.29. The minimum absolute atomic E-state index is 0.0668. The number of hydrogen-bond acceptors (Lipinski definition) is 14. The molecule has 0 unspecified atom stereocenters. The maximum Gasteiger partial charge on any atom is 0.246 e. The van der Waals surface area contributed by atoms with E-state index < -0.39 is 144 Å². The Kier molecular flexibility index (Phi) is 33.5. The molecule has 8 amide bonds. The molecule has 0 spiro atoms. The summed E-state index contributed by atoms with van der Waals surface area (Å²) in [5.41, 5.74) is 0. The van der Waals surface area contributed by atoms with E-state index in [1.165, 1.54) is 90.6 Å². The van der Waals surface area contributed by atoms with Crippen LogP contribution in [0.15, 0.2) is 0 Å². The van der Waals surface area contributed by atoms with Gasteiger partial charge in [0.25, 0.3) is 0 Å². The van der Waals surface area contributed by atoms with Crippen LogP contribution >= 0.6 is 0 Å². The van der Waals surface area contributed by atoms with Crippen LogP contribution in [0, 0.1) is 59.2 Å². The Morgan fingerprint density at radius 1 is 0.500 bits per heavy atom. The summed E-state index contributed by atoms with van der Waals surface area (Å²) in [7, 11) is 10.3. The fourth-order valence-electron chi connectivity index (χ4n) is 12.7. The molecule has 0 aliphatic carbocycles. The molecule has 0 bridgehead atoms. The molecule has 0 aromatic heterocycles. The van der Waals surface area contributed by atoms with Gasteiger partial charge in [-0.1, -0.05) is 104 Å². The van der Waals surface area contributed by atoms with Crippen LogP contribution in [-0.2, 0) is 57.5 Å². The van der Waals surface area contributed by atoms with Gasteiger partial charge in [0, 0.05) is 99.4 Å². The quantitative estimate of drug-likeness (QED) is 0.178. The van der Waals surface area contributed by atoms with Crippen LogP contribution in [0.3, 0.4) is 0 Å². The van der Waals surface area contributed by atoms with E-state index in [1.807, 2.05) is 76.2 Å². The summed E-state index contributed by atoms with van der Waals surface area (Å²) in [5.74, 6) is -10.7. The van der Waals surface area contributed by atoms with E-state index in [-0.39, 0.29) is 86.1 Å². The van der Waals surface area contributed by atoms with Crippen molar-refractivity contribution in [3.05, 3.63) is 0 Å². The zero-order chi connectivity index (χ0) is 69.1. The van der Waals surface area contributed by atoms with Crippen molar-refractivity contribution in [3.63, 3.8) is 0 Å². The number of nitrogens with one attached hydrogen (secondary N) is 1. The second-order valence-electron chi connectivity index (χ2n) is 28.8. The maximum absolute atomic E-state index is 15.4. The molecule has 516 valence electrons. The van der Waals surface area contributed by atoms with Crippen molar-refractivity contribution < 1.29 is 62.6 Å². The largest absolute Gasteiger partial charge is 0.390 e. The van der Waals surface area contributed by atoms with E-state index in [9.17, 15) is 38.7 Å². The third-order valence-electron chi connectivity index (χ3n) is 18.6. The van der Waals surface area contributed by atoms with Gasteiger partial charge in [0.05, 0.1) is 37.9 Å². The number of nitrogens with zero attached hydrogens (tertiary/aromatic N) is 8. The third kappa shape index (κ3) is 23.0. The number of carbonyl (C=O) groups excluding carboxylic acids is 11. The normalized spacial score (nSPS) is 27.5. The summed E-state index contributed by atoms with van der Waals surface area (Å²) in [6, 6.07) is -8.11. The van der Waals surface area contributed by atoms with Gasteiger partial charge >= 0.3 is 0 Å². The van der Waals surface area contributed by atoms with Crippen molar-refractivity contribution in [2.45, 2.75) is 223 Å². The number of ether oxygens (including phenoxy) is 1. The fourth-order valence-corrected chi connectivity index (χ4v) is 12.7. The average Bonchev–Trinajstić information content (AvgIpc) is 0.874. The van der Waals surface area contributed by atoms with Gasteiger partial charge in [0.1, 0.15) is 30.2 Å². The van der Waals surface area contributed by atoms with Gasteiger partial charge in [0.2, 0.25) is 47.3 Å². The van der Waals surface area contributed by atoms with E-state index in [1.54, 1.807) is 27.7 Å². The molecule has 2 aliphatic heterocycles. The van der Waals surface area contributed by atoms with Crippen LogP contribution in [0.1, 0.15) is 175 Å². The minimum atomic E-state index is -1.49. The molecule has 0 radical (unpaired) electrons. The standard InChI is InChI=1S/C68H121N9O13/c1-24-49-37-57(80)60(61(82)46(14)26-25-27-77-28-30-90-31-29-77)76(23)68(89)59(45(12)13)75(22)67(88)54(35-43(8)9)74(21)66(87)53(34-42(6)7)73(20)63(84)48(16)69-62(83)47(15)36-55(78)52(33-41(4)5)72(19)65(86)50(44(10)11)38-56(79)51(32-40(2)3)71(18)58(81)39-70(17)64(49)85/h40-54,59-61,82H,24-39H2,1-23H3,(H,69,83)/t46-,47+,48+,49+,50-,51+,52-,53-,54-,59-,60+,61-/m1/s1. The molecule has 2 N–H and O–H groups in total. The summed E-state index contributed by atoms with van der Waals surface area (Å²) < 4.78 is 5.53. The van der Waals surface area contributed by atoms with Crippen LogP contribution < -0.4 is 5.32 Å². The number of morpholine rings is 1. The molecule has 2 aliphatic rings. The summed E-state index contributed by atoms with van der Waals surface area (Å²) in [4.78, 5) is 173. The average molecular weight is 1270 g/mol. The number of rotatable bonds is 17. The summed E-state index contributed by atoms with van der Waals surface area (Å²) in [6.45, 7) is 32.0. The van der Waals surface area contributed by atoms with Crippen molar-refractivity contribution in [2.24, 2.45) is 59.2 Å². The van der Waals surface area contributed by atoms with Crippen LogP contribution in [0.2, 0.25) is 0 Å². The number of amides is 8. The number of Topliss-reactive ketones (excluding diaryl/α,β-unsaturated/α-hetero) is 3. The van der Waals surface area contributed by atoms with Gasteiger partial charge < -0.3 is 49.5 Å². The lowest BCUT2D eigenvalue weighted by Crippen LogP contribution is -2.61. The highest BCUT2D eigenvalue weighted by atomic mass is 16.5. The molecule has 90 heavy (non-hydrogen) atoms. The van der Waals surface area contributed by atoms with E-state index in [2.05, 4.69) is 10.2 Å². The molecule has 0 aromatic carbocycles. The van der Waals surface area contributed by atoms with Gasteiger partial charge in [-0.15, -0.1) is 0 Å². The number of likely N-dealkylation sites (N-methyl/N-ethyl adjacent to an activating group) is 7. The summed E-state index contributed by atoms with van der Waals surface area (Å²) in [6.07, 6.45) is -0.227. The Labute approximate surface area is 540 Å². The number of aliphatic hydroxyl groups excluding tert-OH is 1. The summed E-state index contributed by atoms with van der Waals surface area (Å²) in [5, 5.41) is 15.2. The monoisotopic (exact) mass is 1270 g/mol. The Morgan fingerprint density at radius 3 is 1.42 bits per heavy atom. The van der Waals surface area contributed by atoms with Crippen molar-refractivity contribution in [2.75, 3.05) is 88.7 Å². The topological polar surface area (TPSA) is 255 Å². The molecule has 12 atom stereocenters. The highest BCUT2D eigenvalue weighted by molar-refractivity contribution is 5.99. The number of carbonyl (C=O) groups is 11. The van der Waals surface area contributed by atoms with Gasteiger partial charge in [-0.2, -0.15) is 0 Å². The second kappa shape index (κ2) is 37.4. The van der Waals surface area contributed by atoms with E-state index in [4.69, 9.17) is 4.74 Å². The van der Waals surface area contributed by atoms with E-state index in [0.717, 1.165) is 19.6 Å². The number of hydrogen-bond donors (Lipinski definition) is 2. The smallest absolute Gasteiger partial charge is 0.246 e. The Balaban J connectivity index is 2.96. The fraction of sp³-hybridized carbons (Fsp3) is 0.838. The van der Waals surface area contributed by atoms with Gasteiger partial charge in [-0.05, 0) is 99.8 Å². The van der Waals surface area contributed by atoms with Crippen LogP contribution in [0.4, 0.5) is 0 Å². The van der Waals surface area contributed by atoms with Gasteiger partial charge in [-0.25, -0.2) is 0 Å². The third-order valence-corrected chi connectivity index (χ3v) is 18.6. The van der Waals surface area contributed by atoms with Crippen molar-refractivity contribution >= 4 is 64.6 Å². The van der Waals surface area contributed by atoms with Crippen molar-refractivity contribution in [3.8, 4) is 0 Å².